The van der Waals surface area contributed by atoms with Crippen molar-refractivity contribution < 1.29 is 9.59 Å². The summed E-state index contributed by atoms with van der Waals surface area (Å²) >= 11 is 0. The molecule has 15 heavy (non-hydrogen) atoms. The number of hydrogen-bond donors (Lipinski definition) is 1. The predicted molar refractivity (Wildman–Crippen MR) is 57.7 cm³/mol. The Hall–Kier alpha value is -1.68. The first-order valence-electron chi connectivity index (χ1n) is 4.62. The Morgan fingerprint density at radius 2 is 1.73 bits per heavy atom. The lowest BCUT2D eigenvalue weighted by atomic mass is 10.0. The number of hydrogen-bond acceptors (Lipinski definition) is 3. The number of carbonyl (C=O) groups is 2. The Labute approximate surface area is 88.7 Å². The molecule has 1 aromatic carbocycles. The fourth-order valence-corrected chi connectivity index (χ4v) is 1.57. The van der Waals surface area contributed by atoms with Crippen molar-refractivity contribution in [1.82, 2.24) is 4.90 Å². The van der Waals surface area contributed by atoms with Crippen LogP contribution in [-0.2, 0) is 0 Å². The third kappa shape index (κ3) is 1.64. The minimum Gasteiger partial charge on any atom is -0.333 e. The van der Waals surface area contributed by atoms with Crippen LogP contribution in [0.25, 0.3) is 0 Å². The van der Waals surface area contributed by atoms with E-state index in [0.717, 1.165) is 10.5 Å². The molecule has 1 heterocycles. The summed E-state index contributed by atoms with van der Waals surface area (Å²) in [6.07, 6.45) is 0. The van der Waals surface area contributed by atoms with Crippen LogP contribution in [0.1, 0.15) is 26.3 Å². The molecule has 80 valence electrons. The zero-order valence-corrected chi connectivity index (χ0v) is 9.07. The van der Waals surface area contributed by atoms with Crippen LogP contribution in [0.2, 0.25) is 0 Å². The number of nitrogens with zero attached hydrogens (tertiary/aromatic N) is 1. The summed E-state index contributed by atoms with van der Waals surface area (Å²) in [6, 6.07) is 5.31. The fourth-order valence-electron chi connectivity index (χ4n) is 1.57. The minimum atomic E-state index is -0.205. The van der Waals surface area contributed by atoms with Crippen molar-refractivity contribution >= 4 is 11.8 Å². The van der Waals surface area contributed by atoms with Crippen molar-refractivity contribution in [3.63, 3.8) is 0 Å². The largest absolute Gasteiger partial charge is 0.333 e. The van der Waals surface area contributed by atoms with E-state index in [-0.39, 0.29) is 11.8 Å². The van der Waals surface area contributed by atoms with Gasteiger partial charge in [0, 0.05) is 7.05 Å². The van der Waals surface area contributed by atoms with Gasteiger partial charge >= 0.3 is 0 Å². The molecule has 0 aliphatic carbocycles. The number of nitrogens with two attached hydrogens (primary N) is 1. The van der Waals surface area contributed by atoms with Crippen molar-refractivity contribution in [2.75, 3.05) is 14.1 Å². The summed E-state index contributed by atoms with van der Waals surface area (Å²) in [5, 5.41) is 0. The maximum absolute atomic E-state index is 11.5. The van der Waals surface area contributed by atoms with E-state index in [4.69, 9.17) is 0 Å². The molecule has 0 unspecified atom stereocenters. The Bertz CT molecular complexity index is 413. The number of imide groups is 1. The number of aryl methyl sites for hydroxylation is 1. The summed E-state index contributed by atoms with van der Waals surface area (Å²) in [7, 11) is 3.00. The highest BCUT2D eigenvalue weighted by Crippen LogP contribution is 2.23. The van der Waals surface area contributed by atoms with E-state index in [1.165, 1.54) is 14.1 Å². The molecule has 0 spiro atoms. The van der Waals surface area contributed by atoms with Gasteiger partial charge in [-0.2, -0.15) is 0 Å². The van der Waals surface area contributed by atoms with Crippen LogP contribution in [-0.4, -0.2) is 30.8 Å². The molecule has 1 aliphatic rings. The summed E-state index contributed by atoms with van der Waals surface area (Å²) in [4.78, 5) is 24.1. The molecule has 0 saturated carbocycles. The van der Waals surface area contributed by atoms with Crippen LogP contribution in [0.15, 0.2) is 18.2 Å². The predicted octanol–water partition coefficient (Wildman–Crippen LogP) is 0.796. The molecular weight excluding hydrogens is 192 g/mol. The second-order valence-corrected chi connectivity index (χ2v) is 3.17. The highest BCUT2D eigenvalue weighted by Gasteiger charge is 2.33. The standard InChI is InChI=1S/C10H9NO2.CH5N/c1-6-4-3-5-7-8(6)10(13)11(2)9(7)12;1-2/h3-5H,1-2H3;2H2,1H3. The smallest absolute Gasteiger partial charge is 0.261 e. The van der Waals surface area contributed by atoms with Gasteiger partial charge in [0.25, 0.3) is 11.8 Å². The zero-order chi connectivity index (χ0) is 11.6. The molecule has 0 aromatic heterocycles. The van der Waals surface area contributed by atoms with Crippen LogP contribution >= 0.6 is 0 Å². The molecule has 0 atom stereocenters. The van der Waals surface area contributed by atoms with Gasteiger partial charge < -0.3 is 5.73 Å². The molecule has 1 aliphatic heterocycles. The number of benzene rings is 1. The highest BCUT2D eigenvalue weighted by atomic mass is 16.2. The Balaban J connectivity index is 0.000000531. The highest BCUT2D eigenvalue weighted by molar-refractivity contribution is 6.21. The lowest BCUT2D eigenvalue weighted by Crippen LogP contribution is -2.24. The molecular formula is C11H14N2O2. The lowest BCUT2D eigenvalue weighted by molar-refractivity contribution is 0.0693. The van der Waals surface area contributed by atoms with Gasteiger partial charge in [-0.3, -0.25) is 14.5 Å². The first-order valence-corrected chi connectivity index (χ1v) is 4.62. The van der Waals surface area contributed by atoms with Crippen molar-refractivity contribution in [1.29, 1.82) is 0 Å². The van der Waals surface area contributed by atoms with E-state index >= 15 is 0 Å². The van der Waals surface area contributed by atoms with Gasteiger partial charge in [-0.1, -0.05) is 12.1 Å². The van der Waals surface area contributed by atoms with Crippen molar-refractivity contribution in [2.45, 2.75) is 6.92 Å². The van der Waals surface area contributed by atoms with Gasteiger partial charge in [0.2, 0.25) is 0 Å². The minimum absolute atomic E-state index is 0.196. The second kappa shape index (κ2) is 4.23. The number of rotatable bonds is 0. The summed E-state index contributed by atoms with van der Waals surface area (Å²) in [5.74, 6) is -0.401. The summed E-state index contributed by atoms with van der Waals surface area (Å²) in [6.45, 7) is 1.84. The lowest BCUT2D eigenvalue weighted by Gasteiger charge is -2.03. The molecule has 0 fully saturated rings. The topological polar surface area (TPSA) is 63.4 Å². The number of fused-ring (bicyclic) bond motifs is 1. The first-order chi connectivity index (χ1) is 7.13. The van der Waals surface area contributed by atoms with Gasteiger partial charge in [0.15, 0.2) is 0 Å². The van der Waals surface area contributed by atoms with Gasteiger partial charge in [0.1, 0.15) is 0 Å². The van der Waals surface area contributed by atoms with Crippen molar-refractivity contribution in [3.8, 4) is 0 Å². The van der Waals surface area contributed by atoms with Gasteiger partial charge in [0.05, 0.1) is 11.1 Å². The van der Waals surface area contributed by atoms with Crippen LogP contribution in [0.3, 0.4) is 0 Å². The van der Waals surface area contributed by atoms with Crippen LogP contribution in [0, 0.1) is 6.92 Å². The maximum Gasteiger partial charge on any atom is 0.261 e. The third-order valence-electron chi connectivity index (χ3n) is 2.33. The molecule has 2 amide bonds. The van der Waals surface area contributed by atoms with E-state index in [1.54, 1.807) is 12.1 Å². The average molecular weight is 206 g/mol. The first kappa shape index (κ1) is 11.4. The summed E-state index contributed by atoms with van der Waals surface area (Å²) < 4.78 is 0. The van der Waals surface area contributed by atoms with E-state index in [9.17, 15) is 9.59 Å². The molecule has 4 heteroatoms. The van der Waals surface area contributed by atoms with Crippen LogP contribution in [0.5, 0.6) is 0 Å². The zero-order valence-electron chi connectivity index (χ0n) is 9.07. The average Bonchev–Trinajstić information content (AvgIpc) is 2.48. The number of amides is 2. The Morgan fingerprint density at radius 1 is 1.13 bits per heavy atom. The Morgan fingerprint density at radius 3 is 2.27 bits per heavy atom. The molecule has 0 bridgehead atoms. The van der Waals surface area contributed by atoms with Gasteiger partial charge in [-0.25, -0.2) is 0 Å². The van der Waals surface area contributed by atoms with Gasteiger partial charge in [-0.05, 0) is 25.6 Å². The SMILES string of the molecule is CN.Cc1cccc2c1C(=O)N(C)C2=O. The second-order valence-electron chi connectivity index (χ2n) is 3.17. The van der Waals surface area contributed by atoms with Crippen LogP contribution < -0.4 is 5.73 Å². The molecule has 4 nitrogen and oxygen atoms in total. The molecule has 2 N–H and O–H groups in total. The van der Waals surface area contributed by atoms with Gasteiger partial charge in [-0.15, -0.1) is 0 Å². The fraction of sp³-hybridized carbons (Fsp3) is 0.273. The normalized spacial score (nSPS) is 13.5. The third-order valence-corrected chi connectivity index (χ3v) is 2.33. The quantitative estimate of drug-likeness (QED) is 0.638. The van der Waals surface area contributed by atoms with E-state index in [1.807, 2.05) is 13.0 Å². The maximum atomic E-state index is 11.5. The van der Waals surface area contributed by atoms with E-state index in [0.29, 0.717) is 11.1 Å². The van der Waals surface area contributed by atoms with E-state index in [2.05, 4.69) is 5.73 Å². The van der Waals surface area contributed by atoms with Crippen LogP contribution in [0.4, 0.5) is 0 Å². The monoisotopic (exact) mass is 206 g/mol. The van der Waals surface area contributed by atoms with E-state index < -0.39 is 0 Å². The summed E-state index contributed by atoms with van der Waals surface area (Å²) in [5.41, 5.74) is 6.43. The molecule has 2 rings (SSSR count). The molecule has 0 radical (unpaired) electrons. The molecule has 1 aromatic rings. The van der Waals surface area contributed by atoms with Crippen molar-refractivity contribution in [2.24, 2.45) is 5.73 Å². The Kier molecular flexibility index (Phi) is 3.21. The van der Waals surface area contributed by atoms with Crippen molar-refractivity contribution in [3.05, 3.63) is 34.9 Å². The number of carbonyl (C=O) groups excluding carboxylic acids is 2. The molecule has 0 saturated heterocycles.